The van der Waals surface area contributed by atoms with E-state index in [-0.39, 0.29) is 44.5 Å². The second-order valence-corrected chi connectivity index (χ2v) is 20.9. The molecular weight excluding hydrogens is 873 g/mol. The number of unbranched alkanes of at least 4 members (excludes halogenated alkanes) is 27. The van der Waals surface area contributed by atoms with E-state index >= 15 is 0 Å². The normalized spacial score (nSPS) is 14.7. The second kappa shape index (κ2) is 49.8. The van der Waals surface area contributed by atoms with E-state index in [0.717, 1.165) is 122 Å². The summed E-state index contributed by atoms with van der Waals surface area (Å²) in [6.07, 6.45) is 35.4. The summed E-state index contributed by atoms with van der Waals surface area (Å²) in [7, 11) is 0. The molecule has 11 heteroatoms. The molecule has 0 aromatic heterocycles. The number of aliphatic hydroxyl groups excluding tert-OH is 5. The number of carbonyl (C=O) groups excluding carboxylic acids is 3. The maximum absolute atomic E-state index is 12.9. The first kappa shape index (κ1) is 67.2. The van der Waals surface area contributed by atoms with Gasteiger partial charge in [0, 0.05) is 19.3 Å². The Kier molecular flexibility index (Phi) is 48.5. The van der Waals surface area contributed by atoms with Crippen LogP contribution in [0.25, 0.3) is 0 Å². The molecule has 0 amide bonds. The van der Waals surface area contributed by atoms with E-state index in [1.165, 1.54) is 83.5 Å². The van der Waals surface area contributed by atoms with E-state index in [1.807, 2.05) is 0 Å². The first-order valence-electron chi connectivity index (χ1n) is 29.4. The van der Waals surface area contributed by atoms with Crippen molar-refractivity contribution >= 4 is 17.9 Å². The number of aliphatic hydroxyl groups is 5. The van der Waals surface area contributed by atoms with Crippen LogP contribution >= 0.6 is 0 Å². The highest BCUT2D eigenvalue weighted by Crippen LogP contribution is 2.21. The Bertz CT molecular complexity index is 1080. The van der Waals surface area contributed by atoms with Gasteiger partial charge in [-0.1, -0.05) is 220 Å². The molecule has 0 aliphatic rings. The van der Waals surface area contributed by atoms with Gasteiger partial charge in [-0.15, -0.1) is 0 Å². The van der Waals surface area contributed by atoms with Crippen LogP contribution in [0.4, 0.5) is 0 Å². The number of esters is 3. The van der Waals surface area contributed by atoms with E-state index in [9.17, 15) is 39.9 Å². The molecule has 410 valence electrons. The zero-order chi connectivity index (χ0) is 51.0. The molecule has 0 spiro atoms. The largest absolute Gasteiger partial charge is 0.462 e. The molecule has 0 aromatic rings. The Balaban J connectivity index is 4.62. The number of carbonyl (C=O) groups is 3. The fourth-order valence-electron chi connectivity index (χ4n) is 9.10. The van der Waals surface area contributed by atoms with Gasteiger partial charge in [-0.05, 0) is 63.7 Å². The average Bonchev–Trinajstić information content (AvgIpc) is 3.34. The minimum atomic E-state index is -0.893. The van der Waals surface area contributed by atoms with Crippen LogP contribution < -0.4 is 0 Å². The summed E-state index contributed by atoms with van der Waals surface area (Å²) in [4.78, 5) is 38.3. The molecule has 0 saturated carbocycles. The molecule has 0 aromatic carbocycles. The molecule has 69 heavy (non-hydrogen) atoms. The van der Waals surface area contributed by atoms with Gasteiger partial charge in [-0.3, -0.25) is 14.4 Å². The number of rotatable bonds is 53. The number of hydrogen-bond donors (Lipinski definition) is 5. The fraction of sp³-hybridized carbons (Fsp3) is 0.948. The molecule has 7 atom stereocenters. The average molecular weight is 986 g/mol. The summed E-state index contributed by atoms with van der Waals surface area (Å²) in [5.41, 5.74) is 0. The second-order valence-electron chi connectivity index (χ2n) is 20.9. The van der Waals surface area contributed by atoms with Crippen molar-refractivity contribution in [2.24, 2.45) is 5.92 Å². The molecule has 0 aliphatic carbocycles. The minimum Gasteiger partial charge on any atom is -0.462 e. The molecule has 0 aliphatic heterocycles. The van der Waals surface area contributed by atoms with Crippen LogP contribution in [0.3, 0.4) is 0 Å². The maximum atomic E-state index is 12.9. The van der Waals surface area contributed by atoms with Crippen LogP contribution in [-0.4, -0.2) is 93.3 Å². The minimum absolute atomic E-state index is 0.177. The van der Waals surface area contributed by atoms with Crippen LogP contribution in [0.15, 0.2) is 0 Å². The molecule has 7 unspecified atom stereocenters. The lowest BCUT2D eigenvalue weighted by Crippen LogP contribution is -2.30. The zero-order valence-corrected chi connectivity index (χ0v) is 45.3. The molecule has 0 rings (SSSR count). The predicted octanol–water partition coefficient (Wildman–Crippen LogP) is 13.9. The van der Waals surface area contributed by atoms with Crippen LogP contribution in [0.2, 0.25) is 0 Å². The summed E-state index contributed by atoms with van der Waals surface area (Å²) < 4.78 is 16.7. The van der Waals surface area contributed by atoms with Gasteiger partial charge in [-0.2, -0.15) is 0 Å². The first-order valence-corrected chi connectivity index (χ1v) is 29.4. The Labute approximate surface area is 423 Å². The number of hydrogen-bond acceptors (Lipinski definition) is 11. The van der Waals surface area contributed by atoms with Crippen molar-refractivity contribution in [3.05, 3.63) is 0 Å². The molecule has 0 fully saturated rings. The molecule has 0 saturated heterocycles. The lowest BCUT2D eigenvalue weighted by atomic mass is 9.93. The van der Waals surface area contributed by atoms with E-state index in [2.05, 4.69) is 27.7 Å². The van der Waals surface area contributed by atoms with Gasteiger partial charge >= 0.3 is 17.9 Å². The third kappa shape index (κ3) is 44.6. The lowest BCUT2D eigenvalue weighted by molar-refractivity contribution is -0.167. The summed E-state index contributed by atoms with van der Waals surface area (Å²) in [5.74, 6) is -0.883. The molecular formula is C58H112O11. The predicted molar refractivity (Wildman–Crippen MR) is 282 cm³/mol. The number of ether oxygens (including phenoxy) is 3. The highest BCUT2D eigenvalue weighted by Gasteiger charge is 2.21. The van der Waals surface area contributed by atoms with Gasteiger partial charge in [0.25, 0.3) is 0 Å². The Morgan fingerprint density at radius 1 is 0.319 bits per heavy atom. The highest BCUT2D eigenvalue weighted by molar-refractivity contribution is 5.71. The standard InChI is InChI=1S/C58H112O11/c1-5-8-11-14-21-30-39-51(59)49(4)38-29-20-17-26-35-44-56(64)67-47-50(69-58(66)46-37-28-19-25-34-43-55(63)53(61)41-32-23-16-13-10-7-3)48-68-57(65)45-36-27-18-24-33-42-54(62)52(60)40-31-22-15-12-9-6-2/h49-55,59-63H,5-48H2,1-4H3. The van der Waals surface area contributed by atoms with Gasteiger partial charge in [0.1, 0.15) is 13.2 Å². The zero-order valence-electron chi connectivity index (χ0n) is 45.3. The van der Waals surface area contributed by atoms with Gasteiger partial charge in [0.2, 0.25) is 0 Å². The molecule has 0 bridgehead atoms. The summed E-state index contributed by atoms with van der Waals surface area (Å²) in [6, 6.07) is 0. The van der Waals surface area contributed by atoms with Crippen molar-refractivity contribution in [3.63, 3.8) is 0 Å². The van der Waals surface area contributed by atoms with Crippen molar-refractivity contribution in [3.8, 4) is 0 Å². The van der Waals surface area contributed by atoms with Crippen molar-refractivity contribution in [2.45, 2.75) is 334 Å². The van der Waals surface area contributed by atoms with Gasteiger partial charge in [-0.25, -0.2) is 0 Å². The fourth-order valence-corrected chi connectivity index (χ4v) is 9.10. The van der Waals surface area contributed by atoms with Crippen molar-refractivity contribution in [1.29, 1.82) is 0 Å². The van der Waals surface area contributed by atoms with E-state index in [4.69, 9.17) is 14.2 Å². The van der Waals surface area contributed by atoms with Gasteiger partial charge in [0.05, 0.1) is 30.5 Å². The molecule has 0 heterocycles. The van der Waals surface area contributed by atoms with Crippen LogP contribution in [-0.2, 0) is 28.6 Å². The van der Waals surface area contributed by atoms with Crippen LogP contribution in [0.1, 0.15) is 297 Å². The highest BCUT2D eigenvalue weighted by atomic mass is 16.6. The third-order valence-electron chi connectivity index (χ3n) is 14.1. The summed E-state index contributed by atoms with van der Waals surface area (Å²) in [6.45, 7) is 8.40. The van der Waals surface area contributed by atoms with Crippen LogP contribution in [0.5, 0.6) is 0 Å². The summed E-state index contributed by atoms with van der Waals surface area (Å²) in [5, 5.41) is 51.9. The monoisotopic (exact) mass is 985 g/mol. The van der Waals surface area contributed by atoms with Crippen molar-refractivity contribution in [2.75, 3.05) is 13.2 Å². The molecule has 5 N–H and O–H groups in total. The van der Waals surface area contributed by atoms with E-state index in [1.54, 1.807) is 0 Å². The third-order valence-corrected chi connectivity index (χ3v) is 14.1. The van der Waals surface area contributed by atoms with Gasteiger partial charge < -0.3 is 39.7 Å². The Morgan fingerprint density at radius 2 is 0.565 bits per heavy atom. The van der Waals surface area contributed by atoms with E-state index in [0.29, 0.717) is 50.9 Å². The van der Waals surface area contributed by atoms with Crippen molar-refractivity contribution < 1.29 is 54.1 Å². The Morgan fingerprint density at radius 3 is 0.884 bits per heavy atom. The first-order chi connectivity index (χ1) is 33.4. The van der Waals surface area contributed by atoms with Crippen LogP contribution in [0, 0.1) is 5.92 Å². The SMILES string of the molecule is CCCCCCCCC(O)C(C)CCCCCCCC(=O)OCC(COC(=O)CCCCCCCC(O)C(O)CCCCCCCC)OC(=O)CCCCCCCC(O)C(O)CCCCCCCC. The van der Waals surface area contributed by atoms with E-state index < -0.39 is 42.5 Å². The quantitative estimate of drug-likeness (QED) is 0.0222. The molecule has 11 nitrogen and oxygen atoms in total. The summed E-state index contributed by atoms with van der Waals surface area (Å²) >= 11 is 0. The topological polar surface area (TPSA) is 180 Å². The van der Waals surface area contributed by atoms with Gasteiger partial charge in [0.15, 0.2) is 6.10 Å². The Hall–Kier alpha value is -1.79. The lowest BCUT2D eigenvalue weighted by Gasteiger charge is -2.19. The van der Waals surface area contributed by atoms with Crippen molar-refractivity contribution in [1.82, 2.24) is 0 Å². The maximum Gasteiger partial charge on any atom is 0.306 e. The smallest absolute Gasteiger partial charge is 0.306 e. The molecule has 0 radical (unpaired) electrons.